The third-order valence-electron chi connectivity index (χ3n) is 5.16. The molecule has 3 rings (SSSR count). The van der Waals surface area contributed by atoms with Crippen LogP contribution in [0.4, 0.5) is 0 Å². The van der Waals surface area contributed by atoms with Gasteiger partial charge in [0.25, 0.3) is 0 Å². The second-order valence-corrected chi connectivity index (χ2v) is 6.71. The minimum absolute atomic E-state index is 0. The van der Waals surface area contributed by atoms with Gasteiger partial charge in [0.15, 0.2) is 0 Å². The van der Waals surface area contributed by atoms with Gasteiger partial charge in [0.05, 0.1) is 6.54 Å². The Morgan fingerprint density at radius 3 is 2.50 bits per heavy atom. The van der Waals surface area contributed by atoms with Gasteiger partial charge in [-0.2, -0.15) is 5.10 Å². The van der Waals surface area contributed by atoms with E-state index in [0.717, 1.165) is 6.54 Å². The first-order valence-electron chi connectivity index (χ1n) is 8.05. The summed E-state index contributed by atoms with van der Waals surface area (Å²) in [6, 6.07) is 1.15. The Hall–Kier alpha value is -0.360. The maximum absolute atomic E-state index is 4.18. The molecule has 2 N–H and O–H groups in total. The van der Waals surface area contributed by atoms with Crippen molar-refractivity contribution < 1.29 is 0 Å². The maximum Gasteiger partial charge on any atom is 0.137 e. The molecule has 0 aromatic carbocycles. The number of halogens is 2. The lowest BCUT2D eigenvalue weighted by atomic mass is 9.67. The highest BCUT2D eigenvalue weighted by atomic mass is 35.5. The van der Waals surface area contributed by atoms with Crippen LogP contribution in [-0.4, -0.2) is 39.9 Å². The average Bonchev–Trinajstić information content (AvgIpc) is 2.95. The van der Waals surface area contributed by atoms with E-state index in [1.807, 2.05) is 4.68 Å². The molecule has 1 saturated heterocycles. The molecule has 1 spiro atoms. The Bertz CT molecular complexity index is 396. The van der Waals surface area contributed by atoms with Crippen LogP contribution in [0.3, 0.4) is 0 Å². The van der Waals surface area contributed by atoms with E-state index in [0.29, 0.717) is 17.5 Å². The lowest BCUT2D eigenvalue weighted by molar-refractivity contribution is 0.112. The second kappa shape index (κ2) is 9.06. The average molecular weight is 350 g/mol. The molecule has 128 valence electrons. The van der Waals surface area contributed by atoms with E-state index >= 15 is 0 Å². The van der Waals surface area contributed by atoms with Gasteiger partial charge < -0.3 is 10.6 Å². The van der Waals surface area contributed by atoms with Gasteiger partial charge in [-0.15, -0.1) is 24.8 Å². The first kappa shape index (κ1) is 19.7. The molecule has 1 aromatic rings. The number of nitrogens with zero attached hydrogens (tertiary/aromatic N) is 3. The summed E-state index contributed by atoms with van der Waals surface area (Å²) in [7, 11) is 0. The van der Waals surface area contributed by atoms with Crippen molar-refractivity contribution in [1.29, 1.82) is 0 Å². The highest BCUT2D eigenvalue weighted by molar-refractivity contribution is 5.85. The normalized spacial score (nSPS) is 22.6. The second-order valence-electron chi connectivity index (χ2n) is 6.71. The summed E-state index contributed by atoms with van der Waals surface area (Å²) in [5.74, 6) is 0. The van der Waals surface area contributed by atoms with Gasteiger partial charge in [0.2, 0.25) is 0 Å². The molecule has 7 heteroatoms. The van der Waals surface area contributed by atoms with E-state index in [1.165, 1.54) is 51.6 Å². The molecule has 2 fully saturated rings. The zero-order valence-corrected chi connectivity index (χ0v) is 15.0. The fourth-order valence-corrected chi connectivity index (χ4v) is 3.92. The minimum atomic E-state index is 0. The molecule has 0 radical (unpaired) electrons. The summed E-state index contributed by atoms with van der Waals surface area (Å²) < 4.78 is 1.91. The Balaban J connectivity index is 0.00000121. The largest absolute Gasteiger partial charge is 0.317 e. The van der Waals surface area contributed by atoms with Crippen LogP contribution in [0, 0.1) is 5.41 Å². The highest BCUT2D eigenvalue weighted by Gasteiger charge is 2.36. The molecule has 2 aliphatic rings. The van der Waals surface area contributed by atoms with Crippen molar-refractivity contribution in [3.63, 3.8) is 0 Å². The standard InChI is InChI=1S/C15H27N5.2ClH/c1-13(10-20-12-17-11-18-20)19-14-2-4-15(5-3-14)6-8-16-9-7-15;;/h11-14,16,19H,2-10H2,1H3;2*1H. The number of piperidine rings is 1. The van der Waals surface area contributed by atoms with E-state index in [1.54, 1.807) is 12.7 Å². The zero-order valence-electron chi connectivity index (χ0n) is 13.3. The summed E-state index contributed by atoms with van der Waals surface area (Å²) in [4.78, 5) is 4.00. The summed E-state index contributed by atoms with van der Waals surface area (Å²) in [6.07, 6.45) is 11.6. The molecule has 1 saturated carbocycles. The van der Waals surface area contributed by atoms with Crippen LogP contribution in [0.5, 0.6) is 0 Å². The third kappa shape index (κ3) is 5.08. The van der Waals surface area contributed by atoms with Gasteiger partial charge in [-0.25, -0.2) is 4.98 Å². The lowest BCUT2D eigenvalue weighted by Gasteiger charge is -2.43. The van der Waals surface area contributed by atoms with Crippen LogP contribution in [0.1, 0.15) is 45.4 Å². The van der Waals surface area contributed by atoms with Gasteiger partial charge >= 0.3 is 0 Å². The van der Waals surface area contributed by atoms with Crippen molar-refractivity contribution in [3.8, 4) is 0 Å². The van der Waals surface area contributed by atoms with Gasteiger partial charge in [0, 0.05) is 12.1 Å². The molecule has 0 amide bonds. The third-order valence-corrected chi connectivity index (χ3v) is 5.16. The van der Waals surface area contributed by atoms with Crippen molar-refractivity contribution in [1.82, 2.24) is 25.4 Å². The quantitative estimate of drug-likeness (QED) is 0.876. The van der Waals surface area contributed by atoms with E-state index in [9.17, 15) is 0 Å². The summed E-state index contributed by atoms with van der Waals surface area (Å²) in [5.41, 5.74) is 0.665. The van der Waals surface area contributed by atoms with Crippen LogP contribution < -0.4 is 10.6 Å². The summed E-state index contributed by atoms with van der Waals surface area (Å²) in [5, 5.41) is 11.4. The fraction of sp³-hybridized carbons (Fsp3) is 0.867. The van der Waals surface area contributed by atoms with Crippen molar-refractivity contribution in [2.45, 2.75) is 64.1 Å². The molecular weight excluding hydrogens is 321 g/mol. The fourth-order valence-electron chi connectivity index (χ4n) is 3.92. The van der Waals surface area contributed by atoms with Crippen LogP contribution in [0.15, 0.2) is 12.7 Å². The Morgan fingerprint density at radius 1 is 1.23 bits per heavy atom. The number of hydrogen-bond donors (Lipinski definition) is 2. The molecule has 22 heavy (non-hydrogen) atoms. The Kier molecular flexibility index (Phi) is 8.11. The van der Waals surface area contributed by atoms with E-state index in [-0.39, 0.29) is 24.8 Å². The van der Waals surface area contributed by atoms with Crippen LogP contribution in [-0.2, 0) is 6.54 Å². The topological polar surface area (TPSA) is 54.8 Å². The van der Waals surface area contributed by atoms with Crippen LogP contribution in [0.25, 0.3) is 0 Å². The smallest absolute Gasteiger partial charge is 0.137 e. The SMILES string of the molecule is CC(Cn1cncn1)NC1CCC2(CCNCC2)CC1.Cl.Cl. The van der Waals surface area contributed by atoms with Crippen molar-refractivity contribution in [3.05, 3.63) is 12.7 Å². The Morgan fingerprint density at radius 2 is 1.91 bits per heavy atom. The molecule has 1 unspecified atom stereocenters. The molecule has 2 heterocycles. The monoisotopic (exact) mass is 349 g/mol. The van der Waals surface area contributed by atoms with Crippen LogP contribution in [0.2, 0.25) is 0 Å². The molecule has 1 atom stereocenters. The van der Waals surface area contributed by atoms with E-state index in [2.05, 4.69) is 27.6 Å². The van der Waals surface area contributed by atoms with Crippen molar-refractivity contribution in [2.24, 2.45) is 5.41 Å². The highest BCUT2D eigenvalue weighted by Crippen LogP contribution is 2.43. The predicted octanol–water partition coefficient (Wildman–Crippen LogP) is 2.41. The van der Waals surface area contributed by atoms with Crippen molar-refractivity contribution in [2.75, 3.05) is 13.1 Å². The lowest BCUT2D eigenvalue weighted by Crippen LogP contribution is -2.45. The Labute approximate surface area is 145 Å². The number of hydrogen-bond acceptors (Lipinski definition) is 4. The molecule has 1 aromatic heterocycles. The van der Waals surface area contributed by atoms with E-state index in [4.69, 9.17) is 0 Å². The molecule has 1 aliphatic heterocycles. The van der Waals surface area contributed by atoms with Gasteiger partial charge in [-0.05, 0) is 64.0 Å². The summed E-state index contributed by atoms with van der Waals surface area (Å²) >= 11 is 0. The molecular formula is C15H29Cl2N5. The first-order valence-corrected chi connectivity index (χ1v) is 8.05. The van der Waals surface area contributed by atoms with Gasteiger partial charge in [0.1, 0.15) is 12.7 Å². The van der Waals surface area contributed by atoms with Crippen molar-refractivity contribution >= 4 is 24.8 Å². The molecule has 1 aliphatic carbocycles. The minimum Gasteiger partial charge on any atom is -0.317 e. The zero-order chi connectivity index (χ0) is 13.8. The molecule has 0 bridgehead atoms. The predicted molar refractivity (Wildman–Crippen MR) is 93.9 cm³/mol. The van der Waals surface area contributed by atoms with Gasteiger partial charge in [-0.3, -0.25) is 4.68 Å². The van der Waals surface area contributed by atoms with E-state index < -0.39 is 0 Å². The molecule has 5 nitrogen and oxygen atoms in total. The number of aromatic nitrogens is 3. The maximum atomic E-state index is 4.18. The number of nitrogens with one attached hydrogen (secondary N) is 2. The number of rotatable bonds is 4. The van der Waals surface area contributed by atoms with Gasteiger partial charge in [-0.1, -0.05) is 0 Å². The summed E-state index contributed by atoms with van der Waals surface area (Å²) in [6.45, 7) is 5.60. The first-order chi connectivity index (χ1) is 9.76. The van der Waals surface area contributed by atoms with Crippen LogP contribution >= 0.6 is 24.8 Å².